The van der Waals surface area contributed by atoms with E-state index in [4.69, 9.17) is 5.10 Å². The number of hydrogen-bond acceptors (Lipinski definition) is 6. The first kappa shape index (κ1) is 16.3. The van der Waals surface area contributed by atoms with Crippen LogP contribution in [0.3, 0.4) is 0 Å². The van der Waals surface area contributed by atoms with Gasteiger partial charge in [0.05, 0.1) is 26.9 Å². The molecule has 0 saturated heterocycles. The maximum atomic E-state index is 4.82. The Kier molecular flexibility index (Phi) is 3.60. The van der Waals surface area contributed by atoms with Crippen LogP contribution in [0.4, 0.5) is 0 Å². The maximum Gasteiger partial charge on any atom is 0.177 e. The minimum absolute atomic E-state index is 0.649. The molecule has 0 spiro atoms. The first-order chi connectivity index (χ1) is 14.3. The van der Waals surface area contributed by atoms with E-state index in [0.717, 1.165) is 49.4 Å². The summed E-state index contributed by atoms with van der Waals surface area (Å²) in [5.41, 5.74) is 7.69. The molecular weight excluding hydrogens is 380 g/mol. The summed E-state index contributed by atoms with van der Waals surface area (Å²) in [7, 11) is 0. The largest absolute Gasteiger partial charge is 0.256 e. The fourth-order valence-corrected chi connectivity index (χ4v) is 4.25. The summed E-state index contributed by atoms with van der Waals surface area (Å²) in [4.78, 5) is 8.73. The van der Waals surface area contributed by atoms with Crippen molar-refractivity contribution in [1.29, 1.82) is 0 Å². The molecule has 29 heavy (non-hydrogen) atoms. The average molecular weight is 394 g/mol. The number of nitrogens with zero attached hydrogens (tertiary/aromatic N) is 6. The van der Waals surface area contributed by atoms with Gasteiger partial charge in [-0.2, -0.15) is 9.61 Å². The first-order valence-electron chi connectivity index (χ1n) is 9.22. The zero-order valence-corrected chi connectivity index (χ0v) is 16.0. The van der Waals surface area contributed by atoms with Gasteiger partial charge < -0.3 is 0 Å². The monoisotopic (exact) mass is 394 g/mol. The van der Waals surface area contributed by atoms with Gasteiger partial charge in [0.25, 0.3) is 0 Å². The van der Waals surface area contributed by atoms with Crippen molar-refractivity contribution in [2.75, 3.05) is 0 Å². The van der Waals surface area contributed by atoms with Crippen LogP contribution >= 0.6 is 11.3 Å². The van der Waals surface area contributed by atoms with E-state index in [1.54, 1.807) is 11.3 Å². The lowest BCUT2D eigenvalue weighted by molar-refractivity contribution is 0.842. The van der Waals surface area contributed by atoms with Crippen LogP contribution in [0.25, 0.3) is 38.0 Å². The molecule has 0 aliphatic rings. The van der Waals surface area contributed by atoms with Crippen molar-refractivity contribution in [3.05, 3.63) is 83.8 Å². The van der Waals surface area contributed by atoms with E-state index in [1.807, 2.05) is 46.6 Å². The molecule has 0 radical (unpaired) electrons. The van der Waals surface area contributed by atoms with Gasteiger partial charge in [-0.25, -0.2) is 4.98 Å². The van der Waals surface area contributed by atoms with Gasteiger partial charge in [-0.05, 0) is 48.0 Å². The third kappa shape index (κ3) is 2.83. The Morgan fingerprint density at radius 1 is 0.862 bits per heavy atom. The normalized spacial score (nSPS) is 11.6. The molecule has 0 N–H and O–H groups in total. The summed E-state index contributed by atoms with van der Waals surface area (Å²) >= 11 is 1.63. The second kappa shape index (κ2) is 6.42. The van der Waals surface area contributed by atoms with Crippen molar-refractivity contribution < 1.29 is 0 Å². The van der Waals surface area contributed by atoms with Crippen LogP contribution in [0, 0.1) is 0 Å². The van der Waals surface area contributed by atoms with E-state index in [2.05, 4.69) is 50.5 Å². The van der Waals surface area contributed by atoms with Gasteiger partial charge in [-0.15, -0.1) is 21.5 Å². The molecule has 0 aliphatic carbocycles. The third-order valence-electron chi connectivity index (χ3n) is 4.98. The zero-order chi connectivity index (χ0) is 19.2. The molecule has 7 heteroatoms. The zero-order valence-electron chi connectivity index (χ0n) is 15.2. The summed E-state index contributed by atoms with van der Waals surface area (Å²) in [6.45, 7) is 0. The molecular formula is C22H14N6S. The minimum atomic E-state index is 0.649. The van der Waals surface area contributed by atoms with Crippen LogP contribution in [-0.4, -0.2) is 29.8 Å². The van der Waals surface area contributed by atoms with E-state index in [-0.39, 0.29) is 0 Å². The molecule has 2 aromatic carbocycles. The number of rotatable bonds is 3. The van der Waals surface area contributed by atoms with Gasteiger partial charge in [0.15, 0.2) is 11.5 Å². The van der Waals surface area contributed by atoms with Crippen molar-refractivity contribution in [1.82, 2.24) is 29.8 Å². The molecule has 0 saturated carbocycles. The van der Waals surface area contributed by atoms with E-state index >= 15 is 0 Å². The molecule has 0 fully saturated rings. The van der Waals surface area contributed by atoms with Crippen molar-refractivity contribution in [3.8, 4) is 11.3 Å². The fraction of sp³-hybridized carbons (Fsp3) is 0.0455. The second-order valence-electron chi connectivity index (χ2n) is 6.85. The second-order valence-corrected chi connectivity index (χ2v) is 7.73. The topological polar surface area (TPSA) is 68.9 Å². The number of pyridine rings is 1. The predicted molar refractivity (Wildman–Crippen MR) is 114 cm³/mol. The molecule has 0 unspecified atom stereocenters. The van der Waals surface area contributed by atoms with Crippen molar-refractivity contribution in [2.24, 2.45) is 0 Å². The lowest BCUT2D eigenvalue weighted by Gasteiger charge is -2.05. The minimum Gasteiger partial charge on any atom is -0.256 e. The molecule has 0 amide bonds. The van der Waals surface area contributed by atoms with Crippen LogP contribution in [0.2, 0.25) is 0 Å². The highest BCUT2D eigenvalue weighted by Gasteiger charge is 2.11. The van der Waals surface area contributed by atoms with Gasteiger partial charge in [0.2, 0.25) is 0 Å². The van der Waals surface area contributed by atoms with Crippen LogP contribution in [0.1, 0.15) is 11.4 Å². The Labute approximate surface area is 169 Å². The Morgan fingerprint density at radius 2 is 1.83 bits per heavy atom. The van der Waals surface area contributed by atoms with Crippen LogP contribution in [0.5, 0.6) is 0 Å². The lowest BCUT2D eigenvalue weighted by atomic mass is 10.1. The summed E-state index contributed by atoms with van der Waals surface area (Å²) in [5.74, 6) is 0.809. The first-order valence-corrected chi connectivity index (χ1v) is 10.1. The standard InChI is InChI=1S/C22H14N6S/c1-2-15-10-14(3-5-17(15)23-9-1)11-22-26-25-21-8-7-18(27-28(21)22)16-4-6-19-20(12-16)29-13-24-19/h1-10,12-13H,11H2. The molecule has 6 rings (SSSR count). The van der Waals surface area contributed by atoms with Gasteiger partial charge in [0.1, 0.15) is 0 Å². The summed E-state index contributed by atoms with van der Waals surface area (Å²) in [6.07, 6.45) is 2.46. The quantitative estimate of drug-likeness (QED) is 0.441. The highest BCUT2D eigenvalue weighted by Crippen LogP contribution is 2.25. The number of hydrogen-bond donors (Lipinski definition) is 0. The van der Waals surface area contributed by atoms with Gasteiger partial charge in [-0.1, -0.05) is 18.2 Å². The Bertz CT molecular complexity index is 1500. The van der Waals surface area contributed by atoms with E-state index in [0.29, 0.717) is 6.42 Å². The van der Waals surface area contributed by atoms with Crippen molar-refractivity contribution in [2.45, 2.75) is 6.42 Å². The Morgan fingerprint density at radius 3 is 2.83 bits per heavy atom. The lowest BCUT2D eigenvalue weighted by Crippen LogP contribution is -2.01. The number of thiazole rings is 1. The van der Waals surface area contributed by atoms with E-state index in [1.165, 1.54) is 0 Å². The Hall–Kier alpha value is -3.71. The van der Waals surface area contributed by atoms with Crippen LogP contribution in [0.15, 0.2) is 72.4 Å². The molecule has 4 heterocycles. The Balaban J connectivity index is 1.41. The van der Waals surface area contributed by atoms with Crippen LogP contribution in [-0.2, 0) is 6.42 Å². The molecule has 4 aromatic heterocycles. The molecule has 0 aliphatic heterocycles. The third-order valence-corrected chi connectivity index (χ3v) is 5.78. The van der Waals surface area contributed by atoms with Crippen LogP contribution < -0.4 is 0 Å². The summed E-state index contributed by atoms with van der Waals surface area (Å²) < 4.78 is 2.98. The number of aromatic nitrogens is 6. The fourth-order valence-electron chi connectivity index (χ4n) is 3.53. The molecule has 6 nitrogen and oxygen atoms in total. The summed E-state index contributed by atoms with van der Waals surface area (Å²) in [5, 5.41) is 14.6. The maximum absolute atomic E-state index is 4.82. The van der Waals surface area contributed by atoms with Gasteiger partial charge in [-0.3, -0.25) is 4.98 Å². The van der Waals surface area contributed by atoms with Crippen molar-refractivity contribution in [3.63, 3.8) is 0 Å². The highest BCUT2D eigenvalue weighted by molar-refractivity contribution is 7.16. The molecule has 6 aromatic rings. The van der Waals surface area contributed by atoms with Gasteiger partial charge >= 0.3 is 0 Å². The molecule has 0 bridgehead atoms. The SMILES string of the molecule is c1cnc2ccc(Cc3nnc4ccc(-c5ccc6ncsc6c5)nn34)cc2c1. The molecule has 0 atom stereocenters. The predicted octanol–water partition coefficient (Wildman–Crippen LogP) is 4.54. The molecule has 138 valence electrons. The highest BCUT2D eigenvalue weighted by atomic mass is 32.1. The number of benzene rings is 2. The smallest absolute Gasteiger partial charge is 0.177 e. The van der Waals surface area contributed by atoms with Crippen molar-refractivity contribution >= 4 is 38.1 Å². The number of fused-ring (bicyclic) bond motifs is 3. The van der Waals surface area contributed by atoms with E-state index in [9.17, 15) is 0 Å². The van der Waals surface area contributed by atoms with E-state index < -0.39 is 0 Å². The summed E-state index contributed by atoms with van der Waals surface area (Å²) in [6, 6.07) is 20.4. The average Bonchev–Trinajstić information content (AvgIpc) is 3.40. The van der Waals surface area contributed by atoms with Gasteiger partial charge in [0, 0.05) is 23.6 Å².